The van der Waals surface area contributed by atoms with Gasteiger partial charge in [0, 0.05) is 44.0 Å². The molecule has 150 valence electrons. The van der Waals surface area contributed by atoms with E-state index in [1.165, 1.54) is 0 Å². The van der Waals surface area contributed by atoms with E-state index < -0.39 is 0 Å². The molecule has 0 saturated carbocycles. The van der Waals surface area contributed by atoms with Crippen molar-refractivity contribution in [2.45, 2.75) is 12.8 Å². The molecule has 1 saturated heterocycles. The van der Waals surface area contributed by atoms with E-state index in [-0.39, 0.29) is 0 Å². The Balaban J connectivity index is 1.41. The van der Waals surface area contributed by atoms with Crippen molar-refractivity contribution in [3.05, 3.63) is 40.4 Å². The lowest BCUT2D eigenvalue weighted by Crippen LogP contribution is -2.37. The maximum Gasteiger partial charge on any atom is 0.162 e. The molecule has 3 aliphatic heterocycles. The molecular formula is C20H25ClN4O3. The number of hydrogen-bond acceptors (Lipinski definition) is 7. The molecule has 7 nitrogen and oxygen atoms in total. The van der Waals surface area contributed by atoms with E-state index in [0.717, 1.165) is 67.8 Å². The summed E-state index contributed by atoms with van der Waals surface area (Å²) in [6, 6.07) is 4.00. The summed E-state index contributed by atoms with van der Waals surface area (Å²) in [4.78, 5) is 6.88. The molecule has 0 atom stereocenters. The molecule has 1 aromatic rings. The van der Waals surface area contributed by atoms with Crippen molar-refractivity contribution in [1.82, 2.24) is 10.2 Å². The lowest BCUT2D eigenvalue weighted by molar-refractivity contribution is 0.0357. The minimum atomic E-state index is 0.525. The molecule has 1 aromatic carbocycles. The number of fused-ring (bicyclic) bond motifs is 1. The number of hydrogen-bond donors (Lipinski definition) is 2. The van der Waals surface area contributed by atoms with Gasteiger partial charge in [-0.25, -0.2) is 0 Å². The van der Waals surface area contributed by atoms with Crippen LogP contribution in [-0.4, -0.2) is 57.7 Å². The zero-order valence-electron chi connectivity index (χ0n) is 16.0. The SMILES string of the molecule is COc1cc2c(cc1OCCCN1CCOCC1)CC1=C(NC(Cl)=CC=N1)N2. The number of nitrogens with one attached hydrogen (secondary N) is 2. The van der Waals surface area contributed by atoms with E-state index in [9.17, 15) is 0 Å². The number of allylic oxidation sites excluding steroid dienone is 2. The van der Waals surface area contributed by atoms with Crippen LogP contribution in [0.15, 0.2) is 39.9 Å². The van der Waals surface area contributed by atoms with Gasteiger partial charge in [-0.15, -0.1) is 0 Å². The molecule has 4 rings (SSSR count). The summed E-state index contributed by atoms with van der Waals surface area (Å²) in [7, 11) is 1.66. The smallest absolute Gasteiger partial charge is 0.162 e. The van der Waals surface area contributed by atoms with Crippen molar-refractivity contribution in [1.29, 1.82) is 0 Å². The number of halogens is 1. The summed E-state index contributed by atoms with van der Waals surface area (Å²) in [5, 5.41) is 7.01. The van der Waals surface area contributed by atoms with Crippen LogP contribution in [0, 0.1) is 0 Å². The Morgan fingerprint density at radius 2 is 2.07 bits per heavy atom. The Kier molecular flexibility index (Phi) is 6.04. The van der Waals surface area contributed by atoms with E-state index >= 15 is 0 Å². The molecule has 0 unspecified atom stereocenters. The molecule has 3 heterocycles. The van der Waals surface area contributed by atoms with Crippen LogP contribution in [0.25, 0.3) is 0 Å². The van der Waals surface area contributed by atoms with Crippen LogP contribution in [0.2, 0.25) is 0 Å². The lowest BCUT2D eigenvalue weighted by atomic mass is 10.0. The largest absolute Gasteiger partial charge is 0.493 e. The quantitative estimate of drug-likeness (QED) is 0.561. The van der Waals surface area contributed by atoms with Crippen molar-refractivity contribution in [3.8, 4) is 11.5 Å². The second-order valence-corrected chi connectivity index (χ2v) is 7.26. The number of rotatable bonds is 6. The number of aliphatic imine (C=N–C) groups is 1. The van der Waals surface area contributed by atoms with Crippen LogP contribution in [0.5, 0.6) is 11.5 Å². The van der Waals surface area contributed by atoms with Gasteiger partial charge >= 0.3 is 0 Å². The number of methoxy groups -OCH3 is 1. The van der Waals surface area contributed by atoms with E-state index in [0.29, 0.717) is 23.9 Å². The number of benzene rings is 1. The Morgan fingerprint density at radius 3 is 2.89 bits per heavy atom. The van der Waals surface area contributed by atoms with Gasteiger partial charge in [0.15, 0.2) is 11.5 Å². The highest BCUT2D eigenvalue weighted by Gasteiger charge is 2.22. The maximum atomic E-state index is 6.11. The van der Waals surface area contributed by atoms with Gasteiger partial charge in [0.2, 0.25) is 0 Å². The predicted molar refractivity (Wildman–Crippen MR) is 110 cm³/mol. The monoisotopic (exact) mass is 404 g/mol. The molecule has 28 heavy (non-hydrogen) atoms. The molecule has 1 fully saturated rings. The lowest BCUT2D eigenvalue weighted by Gasteiger charge is -2.26. The third-order valence-electron chi connectivity index (χ3n) is 4.97. The van der Waals surface area contributed by atoms with Crippen molar-refractivity contribution in [2.24, 2.45) is 4.99 Å². The van der Waals surface area contributed by atoms with Crippen LogP contribution in [0.3, 0.4) is 0 Å². The topological polar surface area (TPSA) is 67.3 Å². The molecular weight excluding hydrogens is 380 g/mol. The Labute approximate surface area is 170 Å². The van der Waals surface area contributed by atoms with Crippen LogP contribution in [-0.2, 0) is 11.2 Å². The summed E-state index contributed by atoms with van der Waals surface area (Å²) in [5.74, 6) is 2.26. The van der Waals surface area contributed by atoms with Gasteiger partial charge in [-0.05, 0) is 24.1 Å². The van der Waals surface area contributed by atoms with Gasteiger partial charge in [0.1, 0.15) is 11.0 Å². The molecule has 0 radical (unpaired) electrons. The third-order valence-corrected chi connectivity index (χ3v) is 5.19. The zero-order valence-corrected chi connectivity index (χ0v) is 16.7. The highest BCUT2D eigenvalue weighted by atomic mass is 35.5. The highest BCUT2D eigenvalue weighted by molar-refractivity contribution is 6.30. The minimum absolute atomic E-state index is 0.525. The van der Waals surface area contributed by atoms with E-state index in [1.54, 1.807) is 19.4 Å². The molecule has 3 aliphatic rings. The fourth-order valence-electron chi connectivity index (χ4n) is 3.47. The summed E-state index contributed by atoms with van der Waals surface area (Å²) >= 11 is 6.11. The van der Waals surface area contributed by atoms with E-state index in [1.807, 2.05) is 12.1 Å². The van der Waals surface area contributed by atoms with Gasteiger partial charge in [-0.2, -0.15) is 0 Å². The first-order chi connectivity index (χ1) is 13.7. The highest BCUT2D eigenvalue weighted by Crippen LogP contribution is 2.38. The maximum absolute atomic E-state index is 6.11. The summed E-state index contributed by atoms with van der Waals surface area (Å²) < 4.78 is 17.0. The van der Waals surface area contributed by atoms with Crippen LogP contribution >= 0.6 is 11.6 Å². The van der Waals surface area contributed by atoms with Crippen molar-refractivity contribution in [2.75, 3.05) is 51.9 Å². The fourth-order valence-corrected chi connectivity index (χ4v) is 3.63. The molecule has 0 aromatic heterocycles. The summed E-state index contributed by atoms with van der Waals surface area (Å²) in [6.07, 6.45) is 5.09. The zero-order chi connectivity index (χ0) is 19.3. The van der Waals surface area contributed by atoms with Crippen LogP contribution in [0.4, 0.5) is 5.69 Å². The van der Waals surface area contributed by atoms with Crippen LogP contribution in [0.1, 0.15) is 12.0 Å². The van der Waals surface area contributed by atoms with Gasteiger partial charge in [0.25, 0.3) is 0 Å². The molecule has 0 amide bonds. The Morgan fingerprint density at radius 1 is 1.21 bits per heavy atom. The van der Waals surface area contributed by atoms with Gasteiger partial charge in [-0.3, -0.25) is 9.89 Å². The van der Waals surface area contributed by atoms with Gasteiger partial charge in [-0.1, -0.05) is 11.6 Å². The predicted octanol–water partition coefficient (Wildman–Crippen LogP) is 2.69. The standard InChI is InChI=1S/C20H25ClN4O3/c1-26-17-13-15-14(11-16-20(23-15)24-19(21)3-4-22-16)12-18(17)28-8-2-5-25-6-9-27-10-7-25/h3-4,12-13,23-24H,2,5-11H2,1H3. The van der Waals surface area contributed by atoms with Crippen molar-refractivity contribution >= 4 is 23.5 Å². The van der Waals surface area contributed by atoms with E-state index in [4.69, 9.17) is 25.8 Å². The van der Waals surface area contributed by atoms with Crippen LogP contribution < -0.4 is 20.1 Å². The fraction of sp³-hybridized carbons (Fsp3) is 0.450. The molecule has 0 spiro atoms. The first kappa shape index (κ1) is 19.1. The van der Waals surface area contributed by atoms with Gasteiger partial charge in [0.05, 0.1) is 32.6 Å². The first-order valence-corrected chi connectivity index (χ1v) is 9.91. The van der Waals surface area contributed by atoms with E-state index in [2.05, 4.69) is 20.5 Å². The molecule has 8 heteroatoms. The average molecular weight is 405 g/mol. The molecule has 0 aliphatic carbocycles. The third kappa shape index (κ3) is 4.43. The average Bonchev–Trinajstić information content (AvgIpc) is 2.89. The number of anilines is 1. The number of nitrogens with zero attached hydrogens (tertiary/aromatic N) is 2. The van der Waals surface area contributed by atoms with Crippen molar-refractivity contribution < 1.29 is 14.2 Å². The Hall–Kier alpha value is -2.22. The first-order valence-electron chi connectivity index (χ1n) is 9.54. The number of ether oxygens (including phenoxy) is 3. The second kappa shape index (κ2) is 8.86. The molecule has 2 N–H and O–H groups in total. The van der Waals surface area contributed by atoms with Gasteiger partial charge < -0.3 is 24.8 Å². The number of morpholine rings is 1. The molecule has 0 bridgehead atoms. The summed E-state index contributed by atoms with van der Waals surface area (Å²) in [5.41, 5.74) is 2.98. The second-order valence-electron chi connectivity index (χ2n) is 6.86. The van der Waals surface area contributed by atoms with Crippen molar-refractivity contribution in [3.63, 3.8) is 0 Å². The Bertz CT molecular complexity index is 816. The summed E-state index contributed by atoms with van der Waals surface area (Å²) in [6.45, 7) is 5.30. The normalized spacial score (nSPS) is 19.0. The minimum Gasteiger partial charge on any atom is -0.493 e.